The highest BCUT2D eigenvalue weighted by Gasteiger charge is 2.32. The highest BCUT2D eigenvalue weighted by molar-refractivity contribution is 5.80. The fraction of sp³-hybridized carbons (Fsp3) is 0.533. The number of aromatic nitrogens is 1. The molecule has 7 nitrogen and oxygen atoms in total. The molecule has 0 spiro atoms. The number of hydroxylamine groups is 2. The second-order valence-corrected chi connectivity index (χ2v) is 5.71. The molecular weight excluding hydrogens is 284 g/mol. The van der Waals surface area contributed by atoms with Crippen molar-refractivity contribution in [2.45, 2.75) is 32.6 Å². The minimum Gasteiger partial charge on any atom is -0.286 e. The first-order valence-corrected chi connectivity index (χ1v) is 7.49. The number of aryl methyl sites for hydroxylation is 1. The van der Waals surface area contributed by atoms with Crippen LogP contribution in [0.3, 0.4) is 0 Å². The lowest BCUT2D eigenvalue weighted by atomic mass is 9.90. The summed E-state index contributed by atoms with van der Waals surface area (Å²) in [6.45, 7) is 1.94. The first kappa shape index (κ1) is 16.2. The normalized spacial score (nSPS) is 16.1. The van der Waals surface area contributed by atoms with Crippen LogP contribution in [0.5, 0.6) is 0 Å². The van der Waals surface area contributed by atoms with Gasteiger partial charge in [-0.1, -0.05) is 12.8 Å². The average Bonchev–Trinajstić information content (AvgIpc) is 3.04. The fourth-order valence-corrected chi connectivity index (χ4v) is 2.87. The number of carbonyl (C=O) groups is 2. The van der Waals surface area contributed by atoms with Gasteiger partial charge in [0.25, 0.3) is 0 Å². The lowest BCUT2D eigenvalue weighted by Crippen LogP contribution is -2.43. The van der Waals surface area contributed by atoms with Crippen LogP contribution in [0, 0.1) is 18.8 Å². The van der Waals surface area contributed by atoms with Gasteiger partial charge in [-0.25, -0.2) is 10.0 Å². The van der Waals surface area contributed by atoms with Gasteiger partial charge in [0.2, 0.25) is 12.3 Å². The first-order chi connectivity index (χ1) is 10.6. The molecule has 1 aliphatic carbocycles. The van der Waals surface area contributed by atoms with Gasteiger partial charge < -0.3 is 0 Å². The highest BCUT2D eigenvalue weighted by Crippen LogP contribution is 2.31. The number of hydrogen-bond acceptors (Lipinski definition) is 5. The fourth-order valence-electron chi connectivity index (χ4n) is 2.87. The van der Waals surface area contributed by atoms with E-state index in [9.17, 15) is 14.8 Å². The third-order valence-electron chi connectivity index (χ3n) is 4.04. The molecule has 0 radical (unpaired) electrons. The molecule has 1 aliphatic rings. The van der Waals surface area contributed by atoms with Gasteiger partial charge in [-0.05, 0) is 43.4 Å². The molecule has 1 fully saturated rings. The number of pyridine rings is 1. The monoisotopic (exact) mass is 306 g/mol. The zero-order chi connectivity index (χ0) is 15.9. The molecule has 1 saturated carbocycles. The van der Waals surface area contributed by atoms with Crippen LogP contribution in [-0.4, -0.2) is 34.1 Å². The molecule has 1 unspecified atom stereocenters. The van der Waals surface area contributed by atoms with Crippen molar-refractivity contribution in [3.05, 3.63) is 23.9 Å². The largest absolute Gasteiger partial charge is 0.286 e. The van der Waals surface area contributed by atoms with E-state index in [4.69, 9.17) is 0 Å². The minimum atomic E-state index is -0.435. The van der Waals surface area contributed by atoms with E-state index in [-0.39, 0.29) is 18.4 Å². The van der Waals surface area contributed by atoms with Gasteiger partial charge in [0.15, 0.2) is 0 Å². The zero-order valence-corrected chi connectivity index (χ0v) is 12.7. The smallest absolute Gasteiger partial charge is 0.243 e. The Morgan fingerprint density at radius 1 is 1.55 bits per heavy atom. The van der Waals surface area contributed by atoms with Crippen molar-refractivity contribution in [1.82, 2.24) is 15.5 Å². The number of nitrogens with zero attached hydrogens (tertiary/aromatic N) is 2. The molecule has 7 heteroatoms. The number of nitrogens with one attached hydrogen (secondary N) is 2. The molecule has 0 saturated heterocycles. The lowest BCUT2D eigenvalue weighted by Gasteiger charge is -2.24. The second kappa shape index (κ2) is 7.74. The van der Waals surface area contributed by atoms with Crippen molar-refractivity contribution < 1.29 is 14.8 Å². The second-order valence-electron chi connectivity index (χ2n) is 5.71. The van der Waals surface area contributed by atoms with E-state index in [1.807, 2.05) is 19.1 Å². The molecule has 0 aliphatic heterocycles. The Hall–Kier alpha value is -2.15. The predicted molar refractivity (Wildman–Crippen MR) is 80.7 cm³/mol. The third-order valence-corrected chi connectivity index (χ3v) is 4.04. The van der Waals surface area contributed by atoms with Crippen LogP contribution in [0.1, 0.15) is 31.2 Å². The molecule has 0 bridgehead atoms. The maximum Gasteiger partial charge on any atom is 0.243 e. The number of hydrazine groups is 1. The Morgan fingerprint density at radius 3 is 2.91 bits per heavy atom. The van der Waals surface area contributed by atoms with E-state index in [1.165, 1.54) is 0 Å². The van der Waals surface area contributed by atoms with E-state index in [0.717, 1.165) is 31.2 Å². The molecule has 120 valence electrons. The maximum atomic E-state index is 12.4. The molecule has 2 amide bonds. The molecular formula is C15H22N4O3. The number of anilines is 1. The zero-order valence-electron chi connectivity index (χ0n) is 12.7. The number of amides is 2. The summed E-state index contributed by atoms with van der Waals surface area (Å²) in [7, 11) is 0. The van der Waals surface area contributed by atoms with Gasteiger partial charge >= 0.3 is 0 Å². The van der Waals surface area contributed by atoms with Crippen LogP contribution in [0.2, 0.25) is 0 Å². The Labute approximate surface area is 129 Å². The number of rotatable bonds is 7. The van der Waals surface area contributed by atoms with Crippen LogP contribution in [-0.2, 0) is 9.59 Å². The summed E-state index contributed by atoms with van der Waals surface area (Å²) >= 11 is 0. The quantitative estimate of drug-likeness (QED) is 0.403. The molecule has 2 rings (SSSR count). The van der Waals surface area contributed by atoms with Crippen molar-refractivity contribution in [1.29, 1.82) is 0 Å². The number of hydrogen-bond donors (Lipinski definition) is 3. The summed E-state index contributed by atoms with van der Waals surface area (Å²) < 4.78 is 0. The Balaban J connectivity index is 1.96. The maximum absolute atomic E-state index is 12.4. The first-order valence-electron chi connectivity index (χ1n) is 7.49. The van der Waals surface area contributed by atoms with Crippen molar-refractivity contribution >= 4 is 18.1 Å². The lowest BCUT2D eigenvalue weighted by molar-refractivity contribution is -0.156. The Kier molecular flexibility index (Phi) is 5.71. The molecule has 1 aromatic heterocycles. The van der Waals surface area contributed by atoms with Crippen LogP contribution in [0.15, 0.2) is 18.3 Å². The van der Waals surface area contributed by atoms with E-state index in [2.05, 4.69) is 15.8 Å². The third kappa shape index (κ3) is 4.42. The van der Waals surface area contributed by atoms with Crippen molar-refractivity contribution in [3.63, 3.8) is 0 Å². The molecule has 1 aromatic rings. The van der Waals surface area contributed by atoms with E-state index < -0.39 is 5.92 Å². The van der Waals surface area contributed by atoms with Gasteiger partial charge in [0.05, 0.1) is 12.5 Å². The van der Waals surface area contributed by atoms with Crippen LogP contribution in [0.25, 0.3) is 0 Å². The van der Waals surface area contributed by atoms with E-state index in [1.54, 1.807) is 6.20 Å². The van der Waals surface area contributed by atoms with Gasteiger partial charge in [-0.15, -0.1) is 0 Å². The topological polar surface area (TPSA) is 94.6 Å². The molecule has 3 N–H and O–H groups in total. The Bertz CT molecular complexity index is 517. The molecule has 22 heavy (non-hydrogen) atoms. The summed E-state index contributed by atoms with van der Waals surface area (Å²) in [4.78, 5) is 27.1. The van der Waals surface area contributed by atoms with E-state index >= 15 is 0 Å². The van der Waals surface area contributed by atoms with Gasteiger partial charge in [0, 0.05) is 6.20 Å². The standard InChI is InChI=1S/C15H22N4O3/c1-11-6-7-16-14(8-11)17-18-15(21)13(9-19(22)10-20)12-4-2-3-5-12/h6-8,10,12-13,22H,2-5,9H2,1H3,(H,16,17)(H,18,21). The van der Waals surface area contributed by atoms with Crippen molar-refractivity contribution in [3.8, 4) is 0 Å². The van der Waals surface area contributed by atoms with Gasteiger partial charge in [0.1, 0.15) is 5.82 Å². The summed E-state index contributed by atoms with van der Waals surface area (Å²) in [5, 5.41) is 9.95. The Morgan fingerprint density at radius 2 is 2.27 bits per heavy atom. The van der Waals surface area contributed by atoms with Gasteiger partial charge in [-0.2, -0.15) is 0 Å². The minimum absolute atomic E-state index is 0.00290. The summed E-state index contributed by atoms with van der Waals surface area (Å²) in [6, 6.07) is 3.68. The van der Waals surface area contributed by atoms with Crippen LogP contribution >= 0.6 is 0 Å². The van der Waals surface area contributed by atoms with Crippen molar-refractivity contribution in [2.24, 2.45) is 11.8 Å². The van der Waals surface area contributed by atoms with Crippen molar-refractivity contribution in [2.75, 3.05) is 12.0 Å². The van der Waals surface area contributed by atoms with Crippen LogP contribution < -0.4 is 10.9 Å². The summed E-state index contributed by atoms with van der Waals surface area (Å²) in [5.74, 6) is 0.0581. The summed E-state index contributed by atoms with van der Waals surface area (Å²) in [6.07, 6.45) is 6.01. The summed E-state index contributed by atoms with van der Waals surface area (Å²) in [5.41, 5.74) is 6.44. The number of carbonyl (C=O) groups excluding carboxylic acids is 2. The molecule has 1 atom stereocenters. The average molecular weight is 306 g/mol. The van der Waals surface area contributed by atoms with Crippen LogP contribution in [0.4, 0.5) is 5.82 Å². The SMILES string of the molecule is Cc1ccnc(NNC(=O)C(CN(O)C=O)C2CCCC2)c1. The molecule has 0 aromatic carbocycles. The van der Waals surface area contributed by atoms with Gasteiger partial charge in [-0.3, -0.25) is 25.6 Å². The highest BCUT2D eigenvalue weighted by atomic mass is 16.5. The van der Waals surface area contributed by atoms with E-state index in [0.29, 0.717) is 17.3 Å². The predicted octanol–water partition coefficient (Wildman–Crippen LogP) is 1.49. The molecule has 1 heterocycles.